The fourth-order valence-corrected chi connectivity index (χ4v) is 3.85. The molecule has 0 aromatic carbocycles. The number of carbonyl (C=O) groups excluding carboxylic acids is 10. The molecule has 0 aromatic heterocycles. The predicted octanol–water partition coefficient (Wildman–Crippen LogP) is -3.40. The number of nitrogens with two attached hydrogens (primary N) is 10. The number of hydrogen-bond donors (Lipinski definition) is 13. The number of amides is 10. The Morgan fingerprint density at radius 3 is 0.525 bits per heavy atom. The lowest BCUT2D eigenvalue weighted by Crippen LogP contribution is -2.33. The Balaban J connectivity index is -0.000000186. The fourth-order valence-electron chi connectivity index (χ4n) is 3.85. The number of hydrogen-bond acceptors (Lipinski definition) is 13. The summed E-state index contributed by atoms with van der Waals surface area (Å²) >= 11 is 0. The van der Waals surface area contributed by atoms with E-state index in [0.717, 1.165) is 26.2 Å². The van der Waals surface area contributed by atoms with E-state index in [0.29, 0.717) is 0 Å². The van der Waals surface area contributed by atoms with E-state index in [9.17, 15) is 47.9 Å². The lowest BCUT2D eigenvalue weighted by Gasteiger charge is -2.08. The van der Waals surface area contributed by atoms with Crippen LogP contribution in [0.4, 0.5) is 0 Å². The zero-order chi connectivity index (χ0) is 46.9. The second-order valence-corrected chi connectivity index (χ2v) is 12.5. The Morgan fingerprint density at radius 1 is 0.237 bits per heavy atom. The molecule has 0 aromatic rings. The highest BCUT2D eigenvalue weighted by Crippen LogP contribution is 2.10. The first-order chi connectivity index (χ1) is 27.6. The number of nitrogens with one attached hydrogen (secondary N) is 3. The SMILES string of the molecule is CCCCCCCCCCCNCCNCCNCCCCCCCCCCC.NC(=O)C(N)=O.NC(=O)C(N)=O.NC(=O)C(N)=O.NC(=O)C(N)=O.NC(=O)C(N)=O. The van der Waals surface area contributed by atoms with Crippen LogP contribution in [-0.4, -0.2) is 98.3 Å². The van der Waals surface area contributed by atoms with Crippen molar-refractivity contribution in [3.05, 3.63) is 0 Å². The molecule has 0 bridgehead atoms. The van der Waals surface area contributed by atoms with Crippen molar-refractivity contribution in [3.8, 4) is 0 Å². The molecule has 0 heterocycles. The second kappa shape index (κ2) is 52.6. The minimum atomic E-state index is -1.10. The van der Waals surface area contributed by atoms with Crippen molar-refractivity contribution in [3.63, 3.8) is 0 Å². The summed E-state index contributed by atoms with van der Waals surface area (Å²) in [5, 5.41) is 10.7. The normalized spacial score (nSPS) is 9.32. The highest BCUT2D eigenvalue weighted by Gasteiger charge is 1.99. The van der Waals surface area contributed by atoms with Crippen LogP contribution in [0.3, 0.4) is 0 Å². The maximum atomic E-state index is 9.45. The summed E-state index contributed by atoms with van der Waals surface area (Å²) < 4.78 is 0. The molecule has 0 aliphatic carbocycles. The van der Waals surface area contributed by atoms with Crippen molar-refractivity contribution >= 4 is 59.1 Å². The van der Waals surface area contributed by atoms with Gasteiger partial charge in [0.15, 0.2) is 0 Å². The predicted molar refractivity (Wildman–Crippen MR) is 225 cm³/mol. The minimum absolute atomic E-state index is 1.09. The standard InChI is InChI=1S/C26H57N3.5C2H4N2O2/c1-3-5-7-9-11-13-15-17-19-21-27-23-25-29-26-24-28-22-20-18-16-14-12-10-8-6-4-2;5*3-1(5)2(4)6/h27-29H,3-26H2,1-2H3;5*(H2,3,5)(H2,4,6). The molecule has 0 saturated heterocycles. The van der Waals surface area contributed by atoms with Crippen LogP contribution < -0.4 is 73.3 Å². The van der Waals surface area contributed by atoms with E-state index in [4.69, 9.17) is 0 Å². The number of unbranched alkanes of at least 4 members (excludes halogenated alkanes) is 16. The first-order valence-corrected chi connectivity index (χ1v) is 19.7. The molecule has 346 valence electrons. The van der Waals surface area contributed by atoms with E-state index >= 15 is 0 Å². The molecule has 0 atom stereocenters. The summed E-state index contributed by atoms with van der Waals surface area (Å²) in [7, 11) is 0. The van der Waals surface area contributed by atoms with Crippen LogP contribution >= 0.6 is 0 Å². The van der Waals surface area contributed by atoms with Crippen LogP contribution in [0.5, 0.6) is 0 Å². The smallest absolute Gasteiger partial charge is 0.306 e. The molecule has 10 amide bonds. The molecule has 0 spiro atoms. The third kappa shape index (κ3) is 81.7. The van der Waals surface area contributed by atoms with E-state index < -0.39 is 59.1 Å². The van der Waals surface area contributed by atoms with Gasteiger partial charge in [-0.15, -0.1) is 0 Å². The van der Waals surface area contributed by atoms with Crippen LogP contribution in [0, 0.1) is 0 Å². The summed E-state index contributed by atoms with van der Waals surface area (Å²) in [4.78, 5) is 94.5. The molecular formula is C36H77N13O10. The van der Waals surface area contributed by atoms with Crippen molar-refractivity contribution in [1.29, 1.82) is 0 Å². The lowest BCUT2D eigenvalue weighted by molar-refractivity contribution is -0.135. The molecule has 0 saturated carbocycles. The van der Waals surface area contributed by atoms with Gasteiger partial charge in [0.05, 0.1) is 0 Å². The molecule has 59 heavy (non-hydrogen) atoms. The van der Waals surface area contributed by atoms with Gasteiger partial charge in [0.25, 0.3) is 0 Å². The molecule has 0 aliphatic heterocycles. The van der Waals surface area contributed by atoms with Crippen LogP contribution in [0.25, 0.3) is 0 Å². The number of primary amides is 10. The highest BCUT2D eigenvalue weighted by atomic mass is 16.2. The Kier molecular flexibility index (Phi) is 58.3. The average molecular weight is 852 g/mol. The largest absolute Gasteiger partial charge is 0.361 e. The van der Waals surface area contributed by atoms with Gasteiger partial charge in [-0.05, 0) is 25.9 Å². The lowest BCUT2D eigenvalue weighted by atomic mass is 10.1. The van der Waals surface area contributed by atoms with Gasteiger partial charge in [-0.1, -0.05) is 117 Å². The van der Waals surface area contributed by atoms with E-state index in [1.807, 2.05) is 0 Å². The van der Waals surface area contributed by atoms with Crippen LogP contribution in [0.2, 0.25) is 0 Å². The Labute approximate surface area is 348 Å². The maximum Gasteiger partial charge on any atom is 0.306 e. The molecule has 0 aliphatic rings. The summed E-state index contributed by atoms with van der Waals surface area (Å²) in [5.41, 5.74) is 43.2. The van der Waals surface area contributed by atoms with Gasteiger partial charge in [-0.2, -0.15) is 0 Å². The van der Waals surface area contributed by atoms with Gasteiger partial charge in [0.2, 0.25) is 0 Å². The van der Waals surface area contributed by atoms with Crippen molar-refractivity contribution in [2.45, 2.75) is 129 Å². The molecule has 0 radical (unpaired) electrons. The molecule has 0 unspecified atom stereocenters. The average Bonchev–Trinajstić information content (AvgIpc) is 3.15. The third-order valence-electron chi connectivity index (χ3n) is 7.09. The minimum Gasteiger partial charge on any atom is -0.361 e. The van der Waals surface area contributed by atoms with Crippen molar-refractivity contribution in [1.82, 2.24) is 16.0 Å². The van der Waals surface area contributed by atoms with E-state index in [2.05, 4.69) is 87.1 Å². The Bertz CT molecular complexity index is 935. The van der Waals surface area contributed by atoms with Gasteiger partial charge >= 0.3 is 59.1 Å². The quantitative estimate of drug-likeness (QED) is 0.0299. The van der Waals surface area contributed by atoms with Crippen molar-refractivity contribution in [2.75, 3.05) is 39.3 Å². The molecular weight excluding hydrogens is 774 g/mol. The zero-order valence-corrected chi connectivity index (χ0v) is 35.3. The van der Waals surface area contributed by atoms with Crippen molar-refractivity contribution < 1.29 is 47.9 Å². The first-order valence-electron chi connectivity index (χ1n) is 19.7. The number of carbonyl (C=O) groups is 10. The van der Waals surface area contributed by atoms with E-state index in [1.54, 1.807) is 0 Å². The van der Waals surface area contributed by atoms with Crippen LogP contribution in [0.1, 0.15) is 129 Å². The van der Waals surface area contributed by atoms with Gasteiger partial charge in [-0.3, -0.25) is 47.9 Å². The third-order valence-corrected chi connectivity index (χ3v) is 7.09. The second-order valence-electron chi connectivity index (χ2n) is 12.5. The molecule has 0 rings (SSSR count). The van der Waals surface area contributed by atoms with Crippen LogP contribution in [0.15, 0.2) is 0 Å². The summed E-state index contributed by atoms with van der Waals surface area (Å²) in [6, 6.07) is 0. The number of rotatable bonds is 26. The summed E-state index contributed by atoms with van der Waals surface area (Å²) in [5.74, 6) is -11.0. The van der Waals surface area contributed by atoms with E-state index in [-0.39, 0.29) is 0 Å². The summed E-state index contributed by atoms with van der Waals surface area (Å²) in [6.45, 7) is 11.4. The Hall–Kier alpha value is -5.42. The summed E-state index contributed by atoms with van der Waals surface area (Å²) in [6.07, 6.45) is 25.5. The van der Waals surface area contributed by atoms with E-state index in [1.165, 1.54) is 129 Å². The first kappa shape index (κ1) is 65.4. The highest BCUT2D eigenvalue weighted by molar-refractivity contribution is 6.35. The molecule has 23 N–H and O–H groups in total. The monoisotopic (exact) mass is 852 g/mol. The van der Waals surface area contributed by atoms with Gasteiger partial charge < -0.3 is 73.3 Å². The van der Waals surface area contributed by atoms with Gasteiger partial charge in [-0.25, -0.2) is 0 Å². The van der Waals surface area contributed by atoms with Gasteiger partial charge in [0.1, 0.15) is 0 Å². The Morgan fingerprint density at radius 2 is 0.373 bits per heavy atom. The van der Waals surface area contributed by atoms with Crippen molar-refractivity contribution in [2.24, 2.45) is 57.3 Å². The fraction of sp³-hybridized carbons (Fsp3) is 0.722. The zero-order valence-electron chi connectivity index (χ0n) is 35.3. The molecule has 23 nitrogen and oxygen atoms in total. The molecule has 0 fully saturated rings. The maximum absolute atomic E-state index is 9.45. The molecule has 23 heteroatoms. The van der Waals surface area contributed by atoms with Crippen LogP contribution in [-0.2, 0) is 47.9 Å². The van der Waals surface area contributed by atoms with Gasteiger partial charge in [0, 0.05) is 26.2 Å². The topological polar surface area (TPSA) is 467 Å².